The first-order valence-corrected chi connectivity index (χ1v) is 8.06. The Balaban J connectivity index is 2.56. The monoisotopic (exact) mass is 329 g/mol. The van der Waals surface area contributed by atoms with E-state index in [1.54, 1.807) is 14.2 Å². The second kappa shape index (κ2) is 7.04. The third-order valence-electron chi connectivity index (χ3n) is 2.83. The van der Waals surface area contributed by atoms with E-state index in [0.717, 1.165) is 0 Å². The normalized spacial score (nSPS) is 20.7. The van der Waals surface area contributed by atoms with Gasteiger partial charge in [0.05, 0.1) is 16.7 Å². The van der Waals surface area contributed by atoms with E-state index >= 15 is 0 Å². The lowest BCUT2D eigenvalue weighted by Gasteiger charge is -2.28. The Morgan fingerprint density at radius 2 is 2.06 bits per heavy atom. The van der Waals surface area contributed by atoms with Crippen LogP contribution in [0.25, 0.3) is 0 Å². The number of sulfonamides is 1. The smallest absolute Gasteiger partial charge is 0.216 e. The molecule has 1 heterocycles. The molecule has 1 atom stereocenters. The molecule has 1 rings (SSSR count). The van der Waals surface area contributed by atoms with Gasteiger partial charge in [0.2, 0.25) is 10.0 Å². The van der Waals surface area contributed by atoms with Gasteiger partial charge in [0.15, 0.2) is 0 Å². The van der Waals surface area contributed by atoms with E-state index in [4.69, 9.17) is 9.47 Å². The molecule has 1 saturated heterocycles. The minimum absolute atomic E-state index is 0.0205. The van der Waals surface area contributed by atoms with Crippen molar-refractivity contribution in [3.63, 3.8) is 0 Å². The fourth-order valence-electron chi connectivity index (χ4n) is 1.84. The summed E-state index contributed by atoms with van der Waals surface area (Å²) in [6, 6.07) is 0. The molecule has 0 aromatic heterocycles. The molecule has 1 unspecified atom stereocenters. The molecule has 0 aliphatic carbocycles. The van der Waals surface area contributed by atoms with Crippen LogP contribution in [0.4, 0.5) is 0 Å². The number of rotatable bonds is 6. The van der Waals surface area contributed by atoms with E-state index in [9.17, 15) is 8.42 Å². The number of methoxy groups -OCH3 is 1. The molecule has 1 fully saturated rings. The molecular weight excluding hydrogens is 310 g/mol. The molecule has 7 heteroatoms. The number of hydrogen-bond acceptors (Lipinski definition) is 4. The Kier molecular flexibility index (Phi) is 6.36. The Morgan fingerprint density at radius 3 is 2.59 bits per heavy atom. The van der Waals surface area contributed by atoms with E-state index in [0.29, 0.717) is 39.2 Å². The molecule has 1 aliphatic heterocycles. The maximum Gasteiger partial charge on any atom is 0.216 e. The molecule has 17 heavy (non-hydrogen) atoms. The molecule has 0 aromatic rings. The number of hydrogen-bond donors (Lipinski definition) is 0. The molecule has 0 spiro atoms. The van der Waals surface area contributed by atoms with E-state index in [1.807, 2.05) is 0 Å². The van der Waals surface area contributed by atoms with Gasteiger partial charge in [-0.05, 0) is 12.8 Å². The van der Waals surface area contributed by atoms with Crippen molar-refractivity contribution in [3.8, 4) is 0 Å². The molecule has 0 aromatic carbocycles. The van der Waals surface area contributed by atoms with Crippen LogP contribution in [0, 0.1) is 0 Å². The van der Waals surface area contributed by atoms with Gasteiger partial charge >= 0.3 is 0 Å². The summed E-state index contributed by atoms with van der Waals surface area (Å²) in [5.41, 5.74) is 0. The van der Waals surface area contributed by atoms with E-state index in [-0.39, 0.29) is 10.1 Å². The first kappa shape index (κ1) is 15.4. The van der Waals surface area contributed by atoms with Crippen molar-refractivity contribution in [3.05, 3.63) is 0 Å². The van der Waals surface area contributed by atoms with Crippen molar-refractivity contribution < 1.29 is 17.9 Å². The van der Waals surface area contributed by atoms with Crippen molar-refractivity contribution in [1.82, 2.24) is 4.31 Å². The maximum atomic E-state index is 12.2. The fourth-order valence-corrected chi connectivity index (χ4v) is 4.42. The summed E-state index contributed by atoms with van der Waals surface area (Å²) in [5, 5.41) is -0.302. The molecule has 102 valence electrons. The quantitative estimate of drug-likeness (QED) is 0.677. The average molecular weight is 330 g/mol. The van der Waals surface area contributed by atoms with Gasteiger partial charge in [-0.3, -0.25) is 0 Å². The first-order valence-electron chi connectivity index (χ1n) is 5.64. The summed E-state index contributed by atoms with van der Waals surface area (Å²) >= 11 is 3.40. The van der Waals surface area contributed by atoms with Crippen LogP contribution in [-0.2, 0) is 19.5 Å². The van der Waals surface area contributed by atoms with Crippen molar-refractivity contribution in [2.24, 2.45) is 0 Å². The van der Waals surface area contributed by atoms with Crippen LogP contribution >= 0.6 is 15.9 Å². The van der Waals surface area contributed by atoms with Crippen LogP contribution in [0.5, 0.6) is 0 Å². The third-order valence-corrected chi connectivity index (χ3v) is 5.71. The SMILES string of the molecule is COCC(Br)CN(C)S(=O)(=O)C1CCOCC1. The van der Waals surface area contributed by atoms with Gasteiger partial charge in [0.25, 0.3) is 0 Å². The van der Waals surface area contributed by atoms with Crippen LogP contribution in [0.3, 0.4) is 0 Å². The van der Waals surface area contributed by atoms with E-state index in [1.165, 1.54) is 4.31 Å². The zero-order valence-electron chi connectivity index (χ0n) is 10.3. The lowest BCUT2D eigenvalue weighted by molar-refractivity contribution is 0.0973. The van der Waals surface area contributed by atoms with Crippen LogP contribution < -0.4 is 0 Å². The van der Waals surface area contributed by atoms with E-state index < -0.39 is 10.0 Å². The summed E-state index contributed by atoms with van der Waals surface area (Å²) in [5.74, 6) is 0. The van der Waals surface area contributed by atoms with Crippen LogP contribution in [0.1, 0.15) is 12.8 Å². The Morgan fingerprint density at radius 1 is 1.47 bits per heavy atom. The summed E-state index contributed by atoms with van der Waals surface area (Å²) in [6.45, 7) is 1.99. The predicted octanol–water partition coefficient (Wildman–Crippen LogP) is 0.837. The minimum Gasteiger partial charge on any atom is -0.383 e. The topological polar surface area (TPSA) is 55.8 Å². The standard InChI is InChI=1S/C10H20BrNO4S/c1-12(7-9(11)8-15-2)17(13,14)10-3-5-16-6-4-10/h9-10H,3-8H2,1-2H3. The highest BCUT2D eigenvalue weighted by Gasteiger charge is 2.31. The maximum absolute atomic E-state index is 12.2. The molecule has 0 bridgehead atoms. The van der Waals surface area contributed by atoms with Gasteiger partial charge in [0.1, 0.15) is 0 Å². The second-order valence-corrected chi connectivity index (χ2v) is 7.80. The van der Waals surface area contributed by atoms with Crippen molar-refractivity contribution >= 4 is 26.0 Å². The van der Waals surface area contributed by atoms with Gasteiger partial charge in [-0.2, -0.15) is 0 Å². The highest BCUT2D eigenvalue weighted by molar-refractivity contribution is 9.09. The first-order chi connectivity index (χ1) is 7.98. The Labute approximate surface area is 112 Å². The lowest BCUT2D eigenvalue weighted by Crippen LogP contribution is -2.42. The number of alkyl halides is 1. The molecule has 0 radical (unpaired) electrons. The fraction of sp³-hybridized carbons (Fsp3) is 1.00. The summed E-state index contributed by atoms with van der Waals surface area (Å²) < 4.78 is 36.0. The van der Waals surface area contributed by atoms with Crippen LogP contribution in [0.2, 0.25) is 0 Å². The summed E-state index contributed by atoms with van der Waals surface area (Å²) in [6.07, 6.45) is 1.17. The zero-order valence-corrected chi connectivity index (χ0v) is 12.7. The summed E-state index contributed by atoms with van der Waals surface area (Å²) in [7, 11) is 0.0106. The number of ether oxygens (including phenoxy) is 2. The van der Waals surface area contributed by atoms with Crippen LogP contribution in [0.15, 0.2) is 0 Å². The highest BCUT2D eigenvalue weighted by atomic mass is 79.9. The average Bonchev–Trinajstić information content (AvgIpc) is 2.30. The molecule has 0 amide bonds. The van der Waals surface area contributed by atoms with Crippen LogP contribution in [-0.4, -0.2) is 63.3 Å². The Hall–Kier alpha value is 0.310. The second-order valence-electron chi connectivity index (χ2n) is 4.19. The highest BCUT2D eigenvalue weighted by Crippen LogP contribution is 2.19. The number of nitrogens with zero attached hydrogens (tertiary/aromatic N) is 1. The molecule has 1 aliphatic rings. The van der Waals surface area contributed by atoms with E-state index in [2.05, 4.69) is 15.9 Å². The Bertz CT molecular complexity index is 316. The largest absolute Gasteiger partial charge is 0.383 e. The van der Waals surface area contributed by atoms with Gasteiger partial charge in [-0.15, -0.1) is 0 Å². The van der Waals surface area contributed by atoms with Crippen molar-refractivity contribution in [2.45, 2.75) is 22.9 Å². The molecule has 5 nitrogen and oxygen atoms in total. The van der Waals surface area contributed by atoms with Gasteiger partial charge in [0, 0.05) is 33.9 Å². The van der Waals surface area contributed by atoms with Gasteiger partial charge < -0.3 is 9.47 Å². The zero-order chi connectivity index (χ0) is 12.9. The molecular formula is C10H20BrNO4S. The number of halogens is 1. The lowest BCUT2D eigenvalue weighted by atomic mass is 10.2. The molecule has 0 saturated carbocycles. The molecule has 0 N–H and O–H groups in total. The van der Waals surface area contributed by atoms with Gasteiger partial charge in [-0.1, -0.05) is 15.9 Å². The summed E-state index contributed by atoms with van der Waals surface area (Å²) in [4.78, 5) is 0.0205. The van der Waals surface area contributed by atoms with Crippen molar-refractivity contribution in [2.75, 3.05) is 40.5 Å². The van der Waals surface area contributed by atoms with Crippen molar-refractivity contribution in [1.29, 1.82) is 0 Å². The third kappa shape index (κ3) is 4.48. The van der Waals surface area contributed by atoms with Gasteiger partial charge in [-0.25, -0.2) is 12.7 Å². The predicted molar refractivity (Wildman–Crippen MR) is 70.0 cm³/mol. The minimum atomic E-state index is -3.21.